The molecule has 0 aliphatic rings. The zero-order valence-corrected chi connectivity index (χ0v) is 5.83. The number of aryl methyl sites for hydroxylation is 1. The second-order valence-electron chi connectivity index (χ2n) is 2.29. The molecule has 0 spiro atoms. The van der Waals surface area contributed by atoms with Crippen LogP contribution in [0, 0.1) is 6.92 Å². The molecule has 1 rings (SSSR count). The third-order valence-electron chi connectivity index (χ3n) is 1.18. The van der Waals surface area contributed by atoms with Gasteiger partial charge in [-0.25, -0.2) is 4.98 Å². The summed E-state index contributed by atoms with van der Waals surface area (Å²) < 4.78 is 4.72. The maximum absolute atomic E-state index is 8.98. The summed E-state index contributed by atoms with van der Waals surface area (Å²) in [6, 6.07) is 0. The molecule has 1 heterocycles. The fourth-order valence-corrected chi connectivity index (χ4v) is 0.756. The van der Waals surface area contributed by atoms with Gasteiger partial charge in [0.05, 0.1) is 5.69 Å². The fraction of sp³-hybridized carbons (Fsp3) is 0.500. The number of hydrogen-bond donors (Lipinski definition) is 2. The van der Waals surface area contributed by atoms with Gasteiger partial charge >= 0.3 is 0 Å². The number of oxazole rings is 1. The smallest absolute Gasteiger partial charge is 0.222 e. The molecule has 10 heavy (non-hydrogen) atoms. The SMILES string of the molecule is Cc1ncoc1C(C)(O)O. The van der Waals surface area contributed by atoms with E-state index >= 15 is 0 Å². The minimum absolute atomic E-state index is 0.0903. The summed E-state index contributed by atoms with van der Waals surface area (Å²) in [5, 5.41) is 18.0. The molecule has 4 heteroatoms. The summed E-state index contributed by atoms with van der Waals surface area (Å²) in [7, 11) is 0. The Bertz CT molecular complexity index is 223. The second-order valence-corrected chi connectivity index (χ2v) is 2.29. The molecule has 0 saturated carbocycles. The predicted octanol–water partition coefficient (Wildman–Crippen LogP) is 0.140. The molecule has 0 aliphatic heterocycles. The first-order valence-electron chi connectivity index (χ1n) is 2.87. The zero-order valence-electron chi connectivity index (χ0n) is 5.83. The summed E-state index contributed by atoms with van der Waals surface area (Å²) in [5.41, 5.74) is 0.493. The molecule has 0 bridgehead atoms. The summed E-state index contributed by atoms with van der Waals surface area (Å²) >= 11 is 0. The Balaban J connectivity index is 3.05. The summed E-state index contributed by atoms with van der Waals surface area (Å²) in [6.45, 7) is 2.87. The van der Waals surface area contributed by atoms with Gasteiger partial charge < -0.3 is 14.6 Å². The Morgan fingerprint density at radius 2 is 2.20 bits per heavy atom. The summed E-state index contributed by atoms with van der Waals surface area (Å²) in [5.74, 6) is -1.83. The first kappa shape index (κ1) is 7.24. The third kappa shape index (κ3) is 1.17. The van der Waals surface area contributed by atoms with Crippen molar-refractivity contribution >= 4 is 0 Å². The van der Waals surface area contributed by atoms with Crippen molar-refractivity contribution in [2.45, 2.75) is 19.6 Å². The monoisotopic (exact) mass is 143 g/mol. The van der Waals surface area contributed by atoms with Crippen LogP contribution in [0.4, 0.5) is 0 Å². The van der Waals surface area contributed by atoms with Gasteiger partial charge in [-0.3, -0.25) is 0 Å². The zero-order chi connectivity index (χ0) is 7.78. The number of aromatic nitrogens is 1. The van der Waals surface area contributed by atoms with Crippen LogP contribution in [-0.4, -0.2) is 15.2 Å². The van der Waals surface area contributed by atoms with Crippen LogP contribution in [0.5, 0.6) is 0 Å². The highest BCUT2D eigenvalue weighted by molar-refractivity contribution is 5.09. The first-order chi connectivity index (χ1) is 4.52. The van der Waals surface area contributed by atoms with Crippen LogP contribution in [0.15, 0.2) is 10.8 Å². The van der Waals surface area contributed by atoms with Crippen molar-refractivity contribution in [2.75, 3.05) is 0 Å². The molecule has 1 aromatic rings. The number of aliphatic hydroxyl groups is 2. The molecular weight excluding hydrogens is 134 g/mol. The summed E-state index contributed by atoms with van der Waals surface area (Å²) in [4.78, 5) is 3.70. The number of nitrogens with zero attached hydrogens (tertiary/aromatic N) is 1. The normalized spacial score (nSPS) is 12.0. The third-order valence-corrected chi connectivity index (χ3v) is 1.18. The molecule has 0 amide bonds. The maximum Gasteiger partial charge on any atom is 0.222 e. The van der Waals surface area contributed by atoms with Gasteiger partial charge in [-0.2, -0.15) is 0 Å². The second kappa shape index (κ2) is 2.07. The Hall–Kier alpha value is -0.870. The van der Waals surface area contributed by atoms with Crippen LogP contribution in [0.25, 0.3) is 0 Å². The van der Waals surface area contributed by atoms with E-state index in [-0.39, 0.29) is 5.76 Å². The minimum Gasteiger partial charge on any atom is -0.442 e. The van der Waals surface area contributed by atoms with Crippen molar-refractivity contribution in [3.05, 3.63) is 17.8 Å². The lowest BCUT2D eigenvalue weighted by Crippen LogP contribution is -2.19. The van der Waals surface area contributed by atoms with E-state index in [9.17, 15) is 0 Å². The lowest BCUT2D eigenvalue weighted by atomic mass is 10.2. The highest BCUT2D eigenvalue weighted by Gasteiger charge is 2.25. The topological polar surface area (TPSA) is 66.5 Å². The Labute approximate surface area is 58.1 Å². The van der Waals surface area contributed by atoms with Crippen LogP contribution in [-0.2, 0) is 5.79 Å². The van der Waals surface area contributed by atoms with Gasteiger partial charge in [0.1, 0.15) is 0 Å². The van der Waals surface area contributed by atoms with Crippen molar-refractivity contribution in [2.24, 2.45) is 0 Å². The van der Waals surface area contributed by atoms with Crippen molar-refractivity contribution < 1.29 is 14.6 Å². The standard InChI is InChI=1S/C6H9NO3/c1-4-5(6(2,8)9)10-3-7-4/h3,8-9H,1-2H3. The Morgan fingerprint density at radius 1 is 1.60 bits per heavy atom. The van der Waals surface area contributed by atoms with Crippen LogP contribution >= 0.6 is 0 Å². The average Bonchev–Trinajstić information content (AvgIpc) is 2.11. The highest BCUT2D eigenvalue weighted by atomic mass is 16.5. The Kier molecular flexibility index (Phi) is 1.50. The lowest BCUT2D eigenvalue weighted by molar-refractivity contribution is -0.166. The molecule has 0 unspecified atom stereocenters. The van der Waals surface area contributed by atoms with E-state index < -0.39 is 5.79 Å². The van der Waals surface area contributed by atoms with Gasteiger partial charge in [-0.15, -0.1) is 0 Å². The van der Waals surface area contributed by atoms with E-state index in [0.29, 0.717) is 5.69 Å². The lowest BCUT2D eigenvalue weighted by Gasteiger charge is -2.11. The van der Waals surface area contributed by atoms with E-state index in [2.05, 4.69) is 4.98 Å². The van der Waals surface area contributed by atoms with Gasteiger partial charge in [0, 0.05) is 0 Å². The molecule has 1 aromatic heterocycles. The average molecular weight is 143 g/mol. The molecular formula is C6H9NO3. The van der Waals surface area contributed by atoms with E-state index in [4.69, 9.17) is 14.6 Å². The number of rotatable bonds is 1. The van der Waals surface area contributed by atoms with Gasteiger partial charge in [-0.1, -0.05) is 0 Å². The highest BCUT2D eigenvalue weighted by Crippen LogP contribution is 2.19. The molecule has 56 valence electrons. The summed E-state index contributed by atoms with van der Waals surface area (Å²) in [6.07, 6.45) is 1.18. The fourth-order valence-electron chi connectivity index (χ4n) is 0.756. The quantitative estimate of drug-likeness (QED) is 0.549. The van der Waals surface area contributed by atoms with E-state index in [1.807, 2.05) is 0 Å². The van der Waals surface area contributed by atoms with Crippen molar-refractivity contribution in [3.63, 3.8) is 0 Å². The minimum atomic E-state index is -1.92. The maximum atomic E-state index is 8.98. The van der Waals surface area contributed by atoms with Gasteiger partial charge in [0.25, 0.3) is 0 Å². The molecule has 0 fully saturated rings. The van der Waals surface area contributed by atoms with Crippen molar-refractivity contribution in [1.29, 1.82) is 0 Å². The Morgan fingerprint density at radius 3 is 2.40 bits per heavy atom. The van der Waals surface area contributed by atoms with Crippen LogP contribution in [0.2, 0.25) is 0 Å². The molecule has 0 saturated heterocycles. The molecule has 4 nitrogen and oxygen atoms in total. The van der Waals surface area contributed by atoms with Crippen LogP contribution in [0.3, 0.4) is 0 Å². The first-order valence-corrected chi connectivity index (χ1v) is 2.87. The van der Waals surface area contributed by atoms with E-state index in [1.165, 1.54) is 13.3 Å². The van der Waals surface area contributed by atoms with Crippen LogP contribution < -0.4 is 0 Å². The molecule has 0 aromatic carbocycles. The van der Waals surface area contributed by atoms with E-state index in [0.717, 1.165) is 0 Å². The van der Waals surface area contributed by atoms with Gasteiger partial charge in [0.2, 0.25) is 5.79 Å². The van der Waals surface area contributed by atoms with E-state index in [1.54, 1.807) is 6.92 Å². The molecule has 0 aliphatic carbocycles. The van der Waals surface area contributed by atoms with Gasteiger partial charge in [0.15, 0.2) is 12.2 Å². The number of hydrogen-bond acceptors (Lipinski definition) is 4. The van der Waals surface area contributed by atoms with Crippen molar-refractivity contribution in [3.8, 4) is 0 Å². The molecule has 0 radical (unpaired) electrons. The van der Waals surface area contributed by atoms with Crippen molar-refractivity contribution in [1.82, 2.24) is 4.98 Å². The largest absolute Gasteiger partial charge is 0.442 e. The molecule has 2 N–H and O–H groups in total. The molecule has 0 atom stereocenters. The van der Waals surface area contributed by atoms with Gasteiger partial charge in [-0.05, 0) is 13.8 Å². The van der Waals surface area contributed by atoms with Crippen LogP contribution in [0.1, 0.15) is 18.4 Å². The predicted molar refractivity (Wildman–Crippen MR) is 33.0 cm³/mol.